The lowest BCUT2D eigenvalue weighted by molar-refractivity contribution is -0.135. The minimum Gasteiger partial charge on any atom is -0.481 e. The highest BCUT2D eigenvalue weighted by molar-refractivity contribution is 7.11. The molecule has 0 atom stereocenters. The van der Waals surface area contributed by atoms with E-state index in [2.05, 4.69) is 6.92 Å². The first-order valence-electron chi connectivity index (χ1n) is 4.68. The quantitative estimate of drug-likeness (QED) is 0.808. The van der Waals surface area contributed by atoms with Gasteiger partial charge in [0.05, 0.1) is 6.42 Å². The number of carboxylic acids is 1. The monoisotopic (exact) mass is 210 g/mol. The number of hydrogen-bond acceptors (Lipinski definition) is 2. The predicted octanol–water partition coefficient (Wildman–Crippen LogP) is 3.41. The van der Waals surface area contributed by atoms with E-state index in [0.29, 0.717) is 0 Å². The molecular formula is C11H14O2S. The Kier molecular flexibility index (Phi) is 4.40. The summed E-state index contributed by atoms with van der Waals surface area (Å²) in [5.41, 5.74) is 1.16. The van der Waals surface area contributed by atoms with E-state index < -0.39 is 5.97 Å². The topological polar surface area (TPSA) is 37.3 Å². The highest BCUT2D eigenvalue weighted by Gasteiger charge is 2.02. The highest BCUT2D eigenvalue weighted by Crippen LogP contribution is 2.24. The van der Waals surface area contributed by atoms with Crippen molar-refractivity contribution in [2.24, 2.45) is 0 Å². The van der Waals surface area contributed by atoms with Crippen LogP contribution in [0.15, 0.2) is 23.6 Å². The Morgan fingerprint density at radius 3 is 2.93 bits per heavy atom. The van der Waals surface area contributed by atoms with Crippen LogP contribution in [0.4, 0.5) is 0 Å². The van der Waals surface area contributed by atoms with Crippen molar-refractivity contribution in [3.05, 3.63) is 28.5 Å². The van der Waals surface area contributed by atoms with Gasteiger partial charge in [0.15, 0.2) is 0 Å². The van der Waals surface area contributed by atoms with Crippen LogP contribution in [-0.2, 0) is 4.79 Å². The molecule has 0 saturated carbocycles. The SMILES string of the molecule is CCC/C(=C\CC(=O)O)c1cccs1. The zero-order valence-electron chi connectivity index (χ0n) is 8.19. The van der Waals surface area contributed by atoms with Gasteiger partial charge in [0, 0.05) is 4.88 Å². The summed E-state index contributed by atoms with van der Waals surface area (Å²) in [7, 11) is 0. The first-order valence-corrected chi connectivity index (χ1v) is 5.56. The van der Waals surface area contributed by atoms with Gasteiger partial charge in [-0.15, -0.1) is 11.3 Å². The van der Waals surface area contributed by atoms with Crippen LogP contribution >= 0.6 is 11.3 Å². The van der Waals surface area contributed by atoms with Crippen molar-refractivity contribution >= 4 is 22.9 Å². The number of aliphatic carboxylic acids is 1. The van der Waals surface area contributed by atoms with Crippen molar-refractivity contribution in [3.8, 4) is 0 Å². The average molecular weight is 210 g/mol. The van der Waals surface area contributed by atoms with E-state index in [4.69, 9.17) is 5.11 Å². The largest absolute Gasteiger partial charge is 0.481 e. The number of carbonyl (C=O) groups is 1. The van der Waals surface area contributed by atoms with E-state index in [1.165, 1.54) is 4.88 Å². The molecule has 1 rings (SSSR count). The zero-order chi connectivity index (χ0) is 10.4. The van der Waals surface area contributed by atoms with Crippen molar-refractivity contribution in [1.29, 1.82) is 0 Å². The maximum absolute atomic E-state index is 10.4. The fourth-order valence-electron chi connectivity index (χ4n) is 1.27. The Labute approximate surface area is 87.9 Å². The Morgan fingerprint density at radius 1 is 1.64 bits per heavy atom. The third kappa shape index (κ3) is 3.34. The molecule has 14 heavy (non-hydrogen) atoms. The maximum atomic E-state index is 10.4. The van der Waals surface area contributed by atoms with Gasteiger partial charge in [0.1, 0.15) is 0 Å². The van der Waals surface area contributed by atoms with Crippen LogP contribution < -0.4 is 0 Å². The van der Waals surface area contributed by atoms with Gasteiger partial charge in [0.2, 0.25) is 0 Å². The number of thiophene rings is 1. The van der Waals surface area contributed by atoms with Crippen molar-refractivity contribution in [2.45, 2.75) is 26.2 Å². The Morgan fingerprint density at radius 2 is 2.43 bits per heavy atom. The number of rotatable bonds is 5. The molecule has 1 aromatic rings. The van der Waals surface area contributed by atoms with Gasteiger partial charge in [0.25, 0.3) is 0 Å². The first-order chi connectivity index (χ1) is 6.74. The molecule has 0 fully saturated rings. The molecule has 0 saturated heterocycles. The third-order valence-electron chi connectivity index (χ3n) is 1.88. The van der Waals surface area contributed by atoms with E-state index in [0.717, 1.165) is 18.4 Å². The molecule has 0 amide bonds. The van der Waals surface area contributed by atoms with Gasteiger partial charge < -0.3 is 5.11 Å². The van der Waals surface area contributed by atoms with Crippen molar-refractivity contribution in [1.82, 2.24) is 0 Å². The van der Waals surface area contributed by atoms with Gasteiger partial charge in [-0.25, -0.2) is 0 Å². The number of carboxylic acid groups (broad SMARTS) is 1. The van der Waals surface area contributed by atoms with Gasteiger partial charge >= 0.3 is 5.97 Å². The summed E-state index contributed by atoms with van der Waals surface area (Å²) in [6.45, 7) is 2.10. The van der Waals surface area contributed by atoms with Crippen LogP contribution in [0.1, 0.15) is 31.1 Å². The molecule has 1 heterocycles. The Balaban J connectivity index is 2.74. The summed E-state index contributed by atoms with van der Waals surface area (Å²) >= 11 is 1.66. The van der Waals surface area contributed by atoms with Crippen molar-refractivity contribution in [3.63, 3.8) is 0 Å². The van der Waals surface area contributed by atoms with E-state index in [1.807, 2.05) is 23.6 Å². The van der Waals surface area contributed by atoms with Crippen molar-refractivity contribution < 1.29 is 9.90 Å². The zero-order valence-corrected chi connectivity index (χ0v) is 9.01. The summed E-state index contributed by atoms with van der Waals surface area (Å²) < 4.78 is 0. The van der Waals surface area contributed by atoms with Crippen LogP contribution in [0.2, 0.25) is 0 Å². The molecule has 0 spiro atoms. The van der Waals surface area contributed by atoms with Gasteiger partial charge in [-0.05, 0) is 23.4 Å². The summed E-state index contributed by atoms with van der Waals surface area (Å²) in [5, 5.41) is 10.6. The van der Waals surface area contributed by atoms with Gasteiger partial charge in [-0.2, -0.15) is 0 Å². The van der Waals surface area contributed by atoms with Crippen LogP contribution in [0, 0.1) is 0 Å². The van der Waals surface area contributed by atoms with Crippen molar-refractivity contribution in [2.75, 3.05) is 0 Å². The van der Waals surface area contributed by atoms with Gasteiger partial charge in [-0.3, -0.25) is 4.79 Å². The molecule has 0 aliphatic rings. The Bertz CT molecular complexity index is 312. The predicted molar refractivity (Wildman–Crippen MR) is 59.5 cm³/mol. The van der Waals surface area contributed by atoms with Gasteiger partial charge in [-0.1, -0.05) is 25.5 Å². The van der Waals surface area contributed by atoms with Crippen LogP contribution in [-0.4, -0.2) is 11.1 Å². The molecule has 0 aliphatic heterocycles. The highest BCUT2D eigenvalue weighted by atomic mass is 32.1. The average Bonchev–Trinajstić information content (AvgIpc) is 2.64. The van der Waals surface area contributed by atoms with E-state index in [-0.39, 0.29) is 6.42 Å². The number of allylic oxidation sites excluding steroid dienone is 1. The lowest BCUT2D eigenvalue weighted by atomic mass is 10.1. The molecular weight excluding hydrogens is 196 g/mol. The third-order valence-corrected chi connectivity index (χ3v) is 2.83. The molecule has 1 N–H and O–H groups in total. The van der Waals surface area contributed by atoms with Crippen LogP contribution in [0.25, 0.3) is 5.57 Å². The Hall–Kier alpha value is -1.09. The molecule has 0 radical (unpaired) electrons. The molecule has 3 heteroatoms. The molecule has 0 aliphatic carbocycles. The number of hydrogen-bond donors (Lipinski definition) is 1. The molecule has 0 bridgehead atoms. The van der Waals surface area contributed by atoms with Crippen LogP contribution in [0.3, 0.4) is 0 Å². The molecule has 76 valence electrons. The fourth-order valence-corrected chi connectivity index (χ4v) is 2.06. The van der Waals surface area contributed by atoms with E-state index in [9.17, 15) is 4.79 Å². The standard InChI is InChI=1S/C11H14O2S/c1-2-4-9(6-7-11(12)13)10-5-3-8-14-10/h3,5-6,8H,2,4,7H2,1H3,(H,12,13)/b9-6+. The minimum atomic E-state index is -0.768. The maximum Gasteiger partial charge on any atom is 0.307 e. The molecule has 0 aromatic carbocycles. The summed E-state index contributed by atoms with van der Waals surface area (Å²) in [6.07, 6.45) is 3.93. The summed E-state index contributed by atoms with van der Waals surface area (Å²) in [5.74, 6) is -0.768. The molecule has 1 aromatic heterocycles. The molecule has 2 nitrogen and oxygen atoms in total. The van der Waals surface area contributed by atoms with E-state index >= 15 is 0 Å². The molecule has 0 unspecified atom stereocenters. The lowest BCUT2D eigenvalue weighted by Crippen LogP contribution is -1.91. The second-order valence-electron chi connectivity index (χ2n) is 3.05. The minimum absolute atomic E-state index is 0.118. The van der Waals surface area contributed by atoms with E-state index in [1.54, 1.807) is 11.3 Å². The smallest absolute Gasteiger partial charge is 0.307 e. The fraction of sp³-hybridized carbons (Fsp3) is 0.364. The second-order valence-corrected chi connectivity index (χ2v) is 4.00. The normalized spacial score (nSPS) is 11.6. The van der Waals surface area contributed by atoms with Crippen LogP contribution in [0.5, 0.6) is 0 Å². The second kappa shape index (κ2) is 5.60. The first kappa shape index (κ1) is 11.0. The summed E-state index contributed by atoms with van der Waals surface area (Å²) in [4.78, 5) is 11.6. The lowest BCUT2D eigenvalue weighted by Gasteiger charge is -2.01. The summed E-state index contributed by atoms with van der Waals surface area (Å²) in [6, 6.07) is 4.03.